The second-order valence-electron chi connectivity index (χ2n) is 8.75. The third-order valence-corrected chi connectivity index (χ3v) is 6.27. The fourth-order valence-electron chi connectivity index (χ4n) is 4.25. The SMILES string of the molecule is C=CC(=O)OCCCCCCOc1ccc2cc(C(=O)O[C@@H]3CCC(=O)C[C@H]3CC)ccc2c1. The summed E-state index contributed by atoms with van der Waals surface area (Å²) in [6.45, 7) is 6.44. The molecule has 6 nitrogen and oxygen atoms in total. The van der Waals surface area contributed by atoms with Crippen molar-refractivity contribution in [2.24, 2.45) is 5.92 Å². The van der Waals surface area contributed by atoms with Gasteiger partial charge in [-0.2, -0.15) is 0 Å². The molecule has 34 heavy (non-hydrogen) atoms. The first-order valence-corrected chi connectivity index (χ1v) is 12.2. The summed E-state index contributed by atoms with van der Waals surface area (Å²) in [6, 6.07) is 11.4. The molecule has 0 unspecified atom stereocenters. The van der Waals surface area contributed by atoms with Crippen LogP contribution in [0.5, 0.6) is 5.75 Å². The van der Waals surface area contributed by atoms with Crippen LogP contribution in [0.4, 0.5) is 0 Å². The van der Waals surface area contributed by atoms with Crippen molar-refractivity contribution in [3.63, 3.8) is 0 Å². The van der Waals surface area contributed by atoms with Gasteiger partial charge in [0.15, 0.2) is 0 Å². The van der Waals surface area contributed by atoms with Gasteiger partial charge in [0.25, 0.3) is 0 Å². The largest absolute Gasteiger partial charge is 0.494 e. The van der Waals surface area contributed by atoms with Crippen molar-refractivity contribution in [2.75, 3.05) is 13.2 Å². The van der Waals surface area contributed by atoms with Crippen LogP contribution in [0.2, 0.25) is 0 Å². The lowest BCUT2D eigenvalue weighted by atomic mass is 9.84. The zero-order chi connectivity index (χ0) is 24.3. The standard InChI is InChI=1S/C28H34O6/c1-3-20-18-24(29)12-14-26(20)34-28(31)23-10-9-22-19-25(13-11-21(22)17-23)32-15-7-5-6-8-16-33-27(30)4-2/h4,9-11,13,17,19-20,26H,2-3,5-8,12,14-16,18H2,1H3/t20-,26-/m1/s1. The third-order valence-electron chi connectivity index (χ3n) is 6.27. The fourth-order valence-corrected chi connectivity index (χ4v) is 4.25. The van der Waals surface area contributed by atoms with Gasteiger partial charge in [-0.15, -0.1) is 0 Å². The van der Waals surface area contributed by atoms with Gasteiger partial charge >= 0.3 is 11.9 Å². The molecular formula is C28H34O6. The lowest BCUT2D eigenvalue weighted by Gasteiger charge is -2.29. The Bertz CT molecular complexity index is 1010. The van der Waals surface area contributed by atoms with E-state index in [-0.39, 0.29) is 29.7 Å². The Balaban J connectivity index is 1.46. The zero-order valence-corrected chi connectivity index (χ0v) is 19.9. The van der Waals surface area contributed by atoms with Crippen LogP contribution in [0.15, 0.2) is 49.1 Å². The molecule has 0 aromatic heterocycles. The highest BCUT2D eigenvalue weighted by atomic mass is 16.5. The second-order valence-corrected chi connectivity index (χ2v) is 8.75. The highest BCUT2D eigenvalue weighted by molar-refractivity contribution is 5.96. The first-order chi connectivity index (χ1) is 16.5. The number of carbonyl (C=O) groups excluding carboxylic acids is 3. The maximum atomic E-state index is 12.7. The molecule has 1 fully saturated rings. The molecule has 0 bridgehead atoms. The van der Waals surface area contributed by atoms with Crippen LogP contribution in [0, 0.1) is 5.92 Å². The Morgan fingerprint density at radius 2 is 1.76 bits per heavy atom. The van der Waals surface area contributed by atoms with E-state index in [0.717, 1.165) is 48.6 Å². The number of ether oxygens (including phenoxy) is 3. The predicted octanol–water partition coefficient (Wildman–Crippen LogP) is 5.81. The van der Waals surface area contributed by atoms with Crippen LogP contribution in [-0.2, 0) is 19.1 Å². The number of benzene rings is 2. The van der Waals surface area contributed by atoms with E-state index in [0.29, 0.717) is 38.0 Å². The van der Waals surface area contributed by atoms with E-state index in [9.17, 15) is 14.4 Å². The average Bonchev–Trinajstić information content (AvgIpc) is 2.85. The van der Waals surface area contributed by atoms with E-state index in [4.69, 9.17) is 14.2 Å². The minimum Gasteiger partial charge on any atom is -0.494 e. The molecule has 0 N–H and O–H groups in total. The van der Waals surface area contributed by atoms with E-state index in [1.54, 1.807) is 6.07 Å². The van der Waals surface area contributed by atoms with Gasteiger partial charge in [0, 0.05) is 24.8 Å². The number of rotatable bonds is 12. The minimum atomic E-state index is -0.379. The van der Waals surface area contributed by atoms with E-state index in [1.807, 2.05) is 37.3 Å². The van der Waals surface area contributed by atoms with Gasteiger partial charge in [0.2, 0.25) is 0 Å². The molecule has 1 aliphatic carbocycles. The molecule has 0 spiro atoms. The molecule has 6 heteroatoms. The van der Waals surface area contributed by atoms with Crippen LogP contribution in [0.3, 0.4) is 0 Å². The van der Waals surface area contributed by atoms with Gasteiger partial charge in [-0.3, -0.25) is 4.79 Å². The molecule has 0 heterocycles. The number of fused-ring (bicyclic) bond motifs is 1. The molecule has 182 valence electrons. The lowest BCUT2D eigenvalue weighted by molar-refractivity contribution is -0.137. The summed E-state index contributed by atoms with van der Waals surface area (Å²) >= 11 is 0. The topological polar surface area (TPSA) is 78.9 Å². The number of hydrogen-bond donors (Lipinski definition) is 0. The molecule has 0 saturated heterocycles. The molecule has 0 amide bonds. The Labute approximate surface area is 201 Å². The van der Waals surface area contributed by atoms with Gasteiger partial charge < -0.3 is 14.2 Å². The minimum absolute atomic E-state index is 0.111. The molecule has 1 aliphatic rings. The summed E-state index contributed by atoms with van der Waals surface area (Å²) in [5.41, 5.74) is 0.520. The second kappa shape index (κ2) is 12.9. The summed E-state index contributed by atoms with van der Waals surface area (Å²) in [6.07, 6.45) is 7.13. The van der Waals surface area contributed by atoms with E-state index >= 15 is 0 Å². The Kier molecular flexibility index (Phi) is 9.68. The molecule has 0 aliphatic heterocycles. The third kappa shape index (κ3) is 7.44. The molecule has 2 aromatic rings. The molecule has 2 aromatic carbocycles. The summed E-state index contributed by atoms with van der Waals surface area (Å²) in [7, 11) is 0. The van der Waals surface area contributed by atoms with Crippen molar-refractivity contribution in [1.29, 1.82) is 0 Å². The van der Waals surface area contributed by atoms with Gasteiger partial charge in [-0.1, -0.05) is 25.6 Å². The number of hydrogen-bond acceptors (Lipinski definition) is 6. The lowest BCUT2D eigenvalue weighted by Crippen LogP contribution is -2.33. The summed E-state index contributed by atoms with van der Waals surface area (Å²) < 4.78 is 16.6. The van der Waals surface area contributed by atoms with Gasteiger partial charge in [0.1, 0.15) is 17.6 Å². The molecule has 3 rings (SSSR count). The highest BCUT2D eigenvalue weighted by Gasteiger charge is 2.31. The predicted molar refractivity (Wildman–Crippen MR) is 131 cm³/mol. The van der Waals surface area contributed by atoms with Crippen molar-refractivity contribution in [2.45, 2.75) is 64.4 Å². The number of unbranched alkanes of at least 4 members (excludes halogenated alkanes) is 3. The van der Waals surface area contributed by atoms with Gasteiger partial charge in [-0.25, -0.2) is 9.59 Å². The molecular weight excluding hydrogens is 432 g/mol. The fraction of sp³-hybridized carbons (Fsp3) is 0.464. The van der Waals surface area contributed by atoms with Crippen molar-refractivity contribution in [3.8, 4) is 5.75 Å². The number of Topliss-reactive ketones (excluding diaryl/α,β-unsaturated/α-hetero) is 1. The smallest absolute Gasteiger partial charge is 0.338 e. The monoisotopic (exact) mass is 466 g/mol. The normalized spacial score (nSPS) is 17.9. The quantitative estimate of drug-likeness (QED) is 0.223. The zero-order valence-electron chi connectivity index (χ0n) is 19.9. The number of ketones is 1. The molecule has 1 saturated carbocycles. The molecule has 0 radical (unpaired) electrons. The van der Waals surface area contributed by atoms with E-state index in [1.165, 1.54) is 6.08 Å². The van der Waals surface area contributed by atoms with Gasteiger partial charge in [-0.05, 0) is 73.6 Å². The van der Waals surface area contributed by atoms with Crippen molar-refractivity contribution in [3.05, 3.63) is 54.6 Å². The summed E-state index contributed by atoms with van der Waals surface area (Å²) in [5.74, 6) is 0.449. The Morgan fingerprint density at radius 1 is 1.03 bits per heavy atom. The van der Waals surface area contributed by atoms with Crippen LogP contribution >= 0.6 is 0 Å². The van der Waals surface area contributed by atoms with E-state index in [2.05, 4.69) is 6.58 Å². The summed E-state index contributed by atoms with van der Waals surface area (Å²) in [4.78, 5) is 35.4. The van der Waals surface area contributed by atoms with Crippen LogP contribution in [0.1, 0.15) is 68.6 Å². The van der Waals surface area contributed by atoms with Crippen LogP contribution in [0.25, 0.3) is 10.8 Å². The molecule has 2 atom stereocenters. The first-order valence-electron chi connectivity index (χ1n) is 12.2. The number of carbonyl (C=O) groups is 3. The van der Waals surface area contributed by atoms with Crippen LogP contribution < -0.4 is 4.74 Å². The highest BCUT2D eigenvalue weighted by Crippen LogP contribution is 2.29. The maximum Gasteiger partial charge on any atom is 0.338 e. The van der Waals surface area contributed by atoms with Crippen molar-refractivity contribution in [1.82, 2.24) is 0 Å². The first kappa shape index (κ1) is 25.5. The maximum absolute atomic E-state index is 12.7. The van der Waals surface area contributed by atoms with Crippen LogP contribution in [-0.4, -0.2) is 37.0 Å². The van der Waals surface area contributed by atoms with Gasteiger partial charge in [0.05, 0.1) is 18.8 Å². The Hall–Kier alpha value is -3.15. The summed E-state index contributed by atoms with van der Waals surface area (Å²) in [5, 5.41) is 1.94. The van der Waals surface area contributed by atoms with Crippen molar-refractivity contribution >= 4 is 28.5 Å². The number of esters is 2. The Morgan fingerprint density at radius 3 is 2.53 bits per heavy atom. The van der Waals surface area contributed by atoms with Crippen molar-refractivity contribution < 1.29 is 28.6 Å². The van der Waals surface area contributed by atoms with E-state index < -0.39 is 0 Å². The average molecular weight is 467 g/mol.